The predicted molar refractivity (Wildman–Crippen MR) is 85.1 cm³/mol. The van der Waals surface area contributed by atoms with Gasteiger partial charge in [-0.1, -0.05) is 17.7 Å². The van der Waals surface area contributed by atoms with Crippen LogP contribution < -0.4 is 5.32 Å². The van der Waals surface area contributed by atoms with Crippen LogP contribution in [0.1, 0.15) is 17.3 Å². The van der Waals surface area contributed by atoms with Gasteiger partial charge in [0.1, 0.15) is 0 Å². The first-order valence-electron chi connectivity index (χ1n) is 6.72. The molecule has 1 amide bonds. The number of esters is 2. The van der Waals surface area contributed by atoms with Gasteiger partial charge in [0.2, 0.25) is 0 Å². The van der Waals surface area contributed by atoms with E-state index < -0.39 is 17.9 Å². The van der Waals surface area contributed by atoms with Crippen molar-refractivity contribution in [1.82, 2.24) is 5.32 Å². The van der Waals surface area contributed by atoms with Crippen molar-refractivity contribution in [1.29, 1.82) is 0 Å². The van der Waals surface area contributed by atoms with Gasteiger partial charge in [-0.25, -0.2) is 0 Å². The number of halogens is 1. The van der Waals surface area contributed by atoms with Crippen LogP contribution >= 0.6 is 11.6 Å². The molecule has 0 saturated heterocycles. The van der Waals surface area contributed by atoms with Crippen molar-refractivity contribution >= 4 is 41.3 Å². The molecule has 1 N–H and O–H groups in total. The van der Waals surface area contributed by atoms with Gasteiger partial charge in [0.25, 0.3) is 5.91 Å². The highest BCUT2D eigenvalue weighted by Gasteiger charge is 2.26. The number of hydrogen-bond donors (Lipinski definition) is 1. The lowest BCUT2D eigenvalue weighted by Gasteiger charge is -2.09. The van der Waals surface area contributed by atoms with Crippen LogP contribution in [0.15, 0.2) is 23.2 Å². The molecule has 0 saturated carbocycles. The average Bonchev–Trinajstić information content (AvgIpc) is 2.55. The summed E-state index contributed by atoms with van der Waals surface area (Å²) >= 11 is 6.14. The van der Waals surface area contributed by atoms with Gasteiger partial charge < -0.3 is 14.8 Å². The lowest BCUT2D eigenvalue weighted by molar-refractivity contribution is -0.154. The molecule has 0 aliphatic rings. The zero-order valence-corrected chi connectivity index (χ0v) is 13.7. The molecule has 1 aromatic carbocycles. The third-order valence-electron chi connectivity index (χ3n) is 2.83. The van der Waals surface area contributed by atoms with Crippen LogP contribution in [-0.2, 0) is 19.1 Å². The van der Waals surface area contributed by atoms with Gasteiger partial charge in [0, 0.05) is 12.8 Å². The van der Waals surface area contributed by atoms with Crippen LogP contribution in [0.4, 0.5) is 5.69 Å². The summed E-state index contributed by atoms with van der Waals surface area (Å²) in [5.74, 6) is -3.27. The molecule has 0 aliphatic carbocycles. The van der Waals surface area contributed by atoms with Crippen LogP contribution in [-0.4, -0.2) is 44.8 Å². The Kier molecular flexibility index (Phi) is 7.21. The molecule has 8 heteroatoms. The Bertz CT molecular complexity index is 614. The molecule has 0 atom stereocenters. The number of rotatable bonds is 6. The van der Waals surface area contributed by atoms with E-state index in [2.05, 4.69) is 19.8 Å². The molecular formula is C15H17ClN2O5. The lowest BCUT2D eigenvalue weighted by atomic mass is 10.1. The fourth-order valence-corrected chi connectivity index (χ4v) is 1.94. The molecule has 23 heavy (non-hydrogen) atoms. The van der Waals surface area contributed by atoms with Gasteiger partial charge in [0.05, 0.1) is 30.5 Å². The van der Waals surface area contributed by atoms with Crippen LogP contribution in [0, 0.1) is 5.92 Å². The number of nitrogens with one attached hydrogen (secondary N) is 1. The van der Waals surface area contributed by atoms with Crippen molar-refractivity contribution in [2.24, 2.45) is 10.9 Å². The molecule has 0 unspecified atom stereocenters. The van der Waals surface area contributed by atoms with Gasteiger partial charge in [-0.05, 0) is 19.1 Å². The van der Waals surface area contributed by atoms with Gasteiger partial charge in [0.15, 0.2) is 5.92 Å². The van der Waals surface area contributed by atoms with E-state index in [1.54, 1.807) is 25.1 Å². The van der Waals surface area contributed by atoms with Crippen molar-refractivity contribution in [2.75, 3.05) is 20.8 Å². The molecule has 0 aliphatic heterocycles. The molecule has 1 aromatic rings. The first kappa shape index (κ1) is 18.6. The summed E-state index contributed by atoms with van der Waals surface area (Å²) in [6, 6.07) is 4.69. The summed E-state index contributed by atoms with van der Waals surface area (Å²) in [5, 5.41) is 2.74. The molecule has 0 aromatic heterocycles. The zero-order valence-electron chi connectivity index (χ0n) is 13.0. The second-order valence-electron chi connectivity index (χ2n) is 4.30. The summed E-state index contributed by atoms with van der Waals surface area (Å²) in [7, 11) is 2.30. The molecule has 0 radical (unpaired) electrons. The van der Waals surface area contributed by atoms with Crippen LogP contribution in [0.2, 0.25) is 5.02 Å². The van der Waals surface area contributed by atoms with E-state index in [1.807, 2.05) is 0 Å². The summed E-state index contributed by atoms with van der Waals surface area (Å²) in [6.45, 7) is 2.24. The number of amides is 1. The van der Waals surface area contributed by atoms with Gasteiger partial charge in [-0.2, -0.15) is 0 Å². The van der Waals surface area contributed by atoms with E-state index in [0.29, 0.717) is 6.54 Å². The minimum Gasteiger partial charge on any atom is -0.468 e. The number of aliphatic imine (C=N–C) groups is 1. The minimum atomic E-state index is -1.31. The molecule has 7 nitrogen and oxygen atoms in total. The third kappa shape index (κ3) is 4.79. The summed E-state index contributed by atoms with van der Waals surface area (Å²) in [5.41, 5.74) is 0.490. The summed E-state index contributed by atoms with van der Waals surface area (Å²) in [6.07, 6.45) is 1.07. The number of methoxy groups -OCH3 is 2. The Balaban J connectivity index is 3.11. The molecule has 0 bridgehead atoms. The van der Waals surface area contributed by atoms with Crippen LogP contribution in [0.3, 0.4) is 0 Å². The van der Waals surface area contributed by atoms with E-state index in [9.17, 15) is 14.4 Å². The van der Waals surface area contributed by atoms with E-state index in [0.717, 1.165) is 20.4 Å². The average molecular weight is 341 g/mol. The van der Waals surface area contributed by atoms with E-state index in [-0.39, 0.29) is 22.2 Å². The van der Waals surface area contributed by atoms with Crippen molar-refractivity contribution in [2.45, 2.75) is 6.92 Å². The normalized spacial score (nSPS) is 10.7. The topological polar surface area (TPSA) is 94.1 Å². The quantitative estimate of drug-likeness (QED) is 0.483. The maximum atomic E-state index is 11.9. The maximum absolute atomic E-state index is 11.9. The smallest absolute Gasteiger partial charge is 0.325 e. The highest BCUT2D eigenvalue weighted by atomic mass is 35.5. The zero-order chi connectivity index (χ0) is 17.4. The van der Waals surface area contributed by atoms with Gasteiger partial charge >= 0.3 is 11.9 Å². The van der Waals surface area contributed by atoms with Crippen molar-refractivity contribution in [3.63, 3.8) is 0 Å². The second kappa shape index (κ2) is 8.89. The minimum absolute atomic E-state index is 0.114. The van der Waals surface area contributed by atoms with E-state index in [4.69, 9.17) is 11.6 Å². The van der Waals surface area contributed by atoms with Crippen LogP contribution in [0.5, 0.6) is 0 Å². The van der Waals surface area contributed by atoms with Crippen molar-refractivity contribution in [3.05, 3.63) is 28.8 Å². The molecule has 0 spiro atoms. The van der Waals surface area contributed by atoms with E-state index in [1.165, 1.54) is 0 Å². The number of benzene rings is 1. The SMILES string of the molecule is CCNC(=O)c1cccc(N=CC(C(=O)OC)C(=O)OC)c1Cl. The van der Waals surface area contributed by atoms with Gasteiger partial charge in [-0.15, -0.1) is 0 Å². The largest absolute Gasteiger partial charge is 0.468 e. The molecular weight excluding hydrogens is 324 g/mol. The summed E-state index contributed by atoms with van der Waals surface area (Å²) < 4.78 is 9.04. The Morgan fingerprint density at radius 1 is 1.26 bits per heavy atom. The standard InChI is InChI=1S/C15H17ClN2O5/c1-4-17-13(19)9-6-5-7-11(12(9)16)18-8-10(14(20)22-2)15(21)23-3/h5-8,10H,4H2,1-3H3,(H,17,19). The maximum Gasteiger partial charge on any atom is 0.325 e. The first-order valence-corrected chi connectivity index (χ1v) is 7.10. The van der Waals surface area contributed by atoms with E-state index >= 15 is 0 Å². The number of nitrogens with zero attached hydrogens (tertiary/aromatic N) is 1. The van der Waals surface area contributed by atoms with Gasteiger partial charge in [-0.3, -0.25) is 19.4 Å². The number of ether oxygens (including phenoxy) is 2. The Morgan fingerprint density at radius 3 is 2.39 bits per heavy atom. The second-order valence-corrected chi connectivity index (χ2v) is 4.68. The molecule has 1 rings (SSSR count). The monoisotopic (exact) mass is 340 g/mol. The number of carbonyl (C=O) groups excluding carboxylic acids is 3. The molecule has 0 fully saturated rings. The Hall–Kier alpha value is -2.41. The third-order valence-corrected chi connectivity index (χ3v) is 3.23. The Labute approximate surface area is 138 Å². The first-order chi connectivity index (χ1) is 11.0. The highest BCUT2D eigenvalue weighted by molar-refractivity contribution is 6.36. The predicted octanol–water partition coefficient (Wildman–Crippen LogP) is 1.75. The number of hydrogen-bond acceptors (Lipinski definition) is 6. The van der Waals surface area contributed by atoms with Crippen LogP contribution in [0.25, 0.3) is 0 Å². The highest BCUT2D eigenvalue weighted by Crippen LogP contribution is 2.28. The Morgan fingerprint density at radius 2 is 1.87 bits per heavy atom. The molecule has 0 heterocycles. The lowest BCUT2D eigenvalue weighted by Crippen LogP contribution is -2.27. The fraction of sp³-hybridized carbons (Fsp3) is 0.333. The van der Waals surface area contributed by atoms with Crippen molar-refractivity contribution in [3.8, 4) is 0 Å². The van der Waals surface area contributed by atoms with Crippen molar-refractivity contribution < 1.29 is 23.9 Å². The summed E-state index contributed by atoms with van der Waals surface area (Å²) in [4.78, 5) is 39.0. The number of carbonyl (C=O) groups is 3. The molecule has 124 valence electrons. The fourth-order valence-electron chi connectivity index (χ4n) is 1.68.